The van der Waals surface area contributed by atoms with E-state index < -0.39 is 34.9 Å². The molecule has 216 valence electrons. The fourth-order valence-corrected chi connectivity index (χ4v) is 5.01. The Morgan fingerprint density at radius 3 is 2.55 bits per heavy atom. The van der Waals surface area contributed by atoms with Gasteiger partial charge in [0.25, 0.3) is 5.91 Å². The fourth-order valence-electron chi connectivity index (χ4n) is 5.01. The molecule has 3 aromatic carbocycles. The maximum absolute atomic E-state index is 13.1. The van der Waals surface area contributed by atoms with Crippen LogP contribution < -0.4 is 20.4 Å². The molecule has 1 saturated heterocycles. The van der Waals surface area contributed by atoms with Crippen molar-refractivity contribution in [2.24, 2.45) is 0 Å². The number of benzene rings is 3. The second kappa shape index (κ2) is 11.6. The highest BCUT2D eigenvalue weighted by Gasteiger charge is 2.39. The minimum Gasteiger partial charge on any atom is -0.505 e. The van der Waals surface area contributed by atoms with Gasteiger partial charge in [-0.1, -0.05) is 24.1 Å². The van der Waals surface area contributed by atoms with Gasteiger partial charge in [-0.2, -0.15) is 0 Å². The average molecular weight is 570 g/mol. The topological polar surface area (TPSA) is 116 Å². The summed E-state index contributed by atoms with van der Waals surface area (Å²) in [6, 6.07) is 16.7. The van der Waals surface area contributed by atoms with Crippen molar-refractivity contribution in [3.8, 4) is 35.3 Å². The van der Waals surface area contributed by atoms with Gasteiger partial charge in [-0.3, -0.25) is 4.79 Å². The molecule has 1 fully saturated rings. The Balaban J connectivity index is 1.39. The molecule has 9 heteroatoms. The van der Waals surface area contributed by atoms with Gasteiger partial charge in [0, 0.05) is 24.7 Å². The van der Waals surface area contributed by atoms with Crippen LogP contribution in [-0.4, -0.2) is 36.1 Å². The normalized spacial score (nSPS) is 17.8. The number of hydrogen-bond acceptors (Lipinski definition) is 8. The van der Waals surface area contributed by atoms with E-state index in [1.54, 1.807) is 44.4 Å². The molecular weight excluding hydrogens is 538 g/mol. The molecule has 1 amide bonds. The van der Waals surface area contributed by atoms with Crippen molar-refractivity contribution in [1.29, 1.82) is 0 Å². The number of amides is 1. The quantitative estimate of drug-likeness (QED) is 0.201. The van der Waals surface area contributed by atoms with E-state index in [1.807, 2.05) is 32.0 Å². The number of hydrogen-bond donors (Lipinski definition) is 2. The van der Waals surface area contributed by atoms with E-state index in [2.05, 4.69) is 11.2 Å². The number of nitrogens with one attached hydrogen (secondary N) is 1. The molecule has 2 N–H and O–H groups in total. The van der Waals surface area contributed by atoms with Gasteiger partial charge in [0.1, 0.15) is 22.8 Å². The first-order valence-electron chi connectivity index (χ1n) is 13.4. The van der Waals surface area contributed by atoms with E-state index in [-0.39, 0.29) is 28.4 Å². The van der Waals surface area contributed by atoms with E-state index in [4.69, 9.17) is 29.8 Å². The number of carbonyl (C=O) groups excluding carboxylic acids is 1. The van der Waals surface area contributed by atoms with Crippen molar-refractivity contribution in [3.63, 3.8) is 0 Å². The van der Waals surface area contributed by atoms with Gasteiger partial charge in [0.15, 0.2) is 11.4 Å². The Morgan fingerprint density at radius 1 is 1.10 bits per heavy atom. The third-order valence-electron chi connectivity index (χ3n) is 7.27. The molecule has 1 aromatic heterocycles. The van der Waals surface area contributed by atoms with Crippen LogP contribution in [0.15, 0.2) is 69.9 Å². The van der Waals surface area contributed by atoms with Crippen LogP contribution in [-0.2, 0) is 9.47 Å². The number of methoxy groups -OCH3 is 1. The SMILES string of the molecule is C#Cc1ccc(C(=O)Nc2c(O)c3ccc(O[C@H]4CC[C@@H](OC)C(C)(C)O4)c(C)c3oc2=O)cc1Oc1ccccc1. The van der Waals surface area contributed by atoms with Crippen molar-refractivity contribution in [2.75, 3.05) is 12.4 Å². The highest BCUT2D eigenvalue weighted by atomic mass is 16.7. The standard InChI is InChI=1S/C33H31NO8/c1-6-20-12-13-21(18-25(20)39-22-10-8-7-9-11-22)31(36)34-28-29(35)23-14-15-24(19(2)30(23)41-32(28)37)40-27-17-16-26(38-5)33(3,4)42-27/h1,7-15,18,26-27,35H,16-17H2,2-5H3,(H,34,36)/t26-,27-/m1/s1. The molecule has 2 atom stereocenters. The highest BCUT2D eigenvalue weighted by Crippen LogP contribution is 2.38. The second-order valence-electron chi connectivity index (χ2n) is 10.5. The Morgan fingerprint density at radius 2 is 1.86 bits per heavy atom. The second-order valence-corrected chi connectivity index (χ2v) is 10.5. The molecular formula is C33H31NO8. The molecule has 0 saturated carbocycles. The van der Waals surface area contributed by atoms with Crippen LogP contribution in [0, 0.1) is 19.3 Å². The molecule has 0 radical (unpaired) electrons. The lowest BCUT2D eigenvalue weighted by molar-refractivity contribution is -0.233. The third kappa shape index (κ3) is 5.68. The fraction of sp³-hybridized carbons (Fsp3) is 0.273. The minimum atomic E-state index is -0.924. The molecule has 1 aliphatic rings. The van der Waals surface area contributed by atoms with Gasteiger partial charge >= 0.3 is 5.63 Å². The van der Waals surface area contributed by atoms with Crippen molar-refractivity contribution >= 4 is 22.6 Å². The Bertz CT molecular complexity index is 1740. The zero-order chi connectivity index (χ0) is 30.0. The number of para-hydroxylation sites is 1. The van der Waals surface area contributed by atoms with Gasteiger partial charge in [0.05, 0.1) is 22.7 Å². The largest absolute Gasteiger partial charge is 0.505 e. The molecule has 0 aliphatic carbocycles. The zero-order valence-corrected chi connectivity index (χ0v) is 23.7. The smallest absolute Gasteiger partial charge is 0.364 e. The molecule has 1 aliphatic heterocycles. The molecule has 5 rings (SSSR count). The number of terminal acetylenes is 1. The summed E-state index contributed by atoms with van der Waals surface area (Å²) < 4.78 is 29.2. The van der Waals surface area contributed by atoms with Gasteiger partial charge in [-0.05, 0) is 69.7 Å². The first kappa shape index (κ1) is 28.7. The van der Waals surface area contributed by atoms with Crippen LogP contribution in [0.5, 0.6) is 23.0 Å². The van der Waals surface area contributed by atoms with E-state index in [0.717, 1.165) is 6.42 Å². The van der Waals surface area contributed by atoms with Crippen LogP contribution >= 0.6 is 0 Å². The first-order chi connectivity index (χ1) is 20.1. The number of carbonyl (C=O) groups is 1. The van der Waals surface area contributed by atoms with Crippen LogP contribution in [0.1, 0.15) is 48.2 Å². The Hall–Kier alpha value is -4.78. The summed E-state index contributed by atoms with van der Waals surface area (Å²) in [7, 11) is 1.66. The predicted octanol–water partition coefficient (Wildman–Crippen LogP) is 6.14. The van der Waals surface area contributed by atoms with Gasteiger partial charge in [-0.25, -0.2) is 4.79 Å². The number of aryl methyl sites for hydroxylation is 1. The van der Waals surface area contributed by atoms with Gasteiger partial charge in [0.2, 0.25) is 6.29 Å². The Kier molecular flexibility index (Phi) is 7.94. The molecule has 2 heterocycles. The summed E-state index contributed by atoms with van der Waals surface area (Å²) in [5, 5.41) is 13.7. The summed E-state index contributed by atoms with van der Waals surface area (Å²) in [5.74, 6) is 2.71. The van der Waals surface area contributed by atoms with E-state index in [1.165, 1.54) is 12.1 Å². The van der Waals surface area contributed by atoms with Crippen LogP contribution in [0.3, 0.4) is 0 Å². The van der Waals surface area contributed by atoms with Gasteiger partial charge < -0.3 is 33.8 Å². The molecule has 4 aromatic rings. The maximum atomic E-state index is 13.1. The first-order valence-corrected chi connectivity index (χ1v) is 13.4. The molecule has 0 bridgehead atoms. The maximum Gasteiger partial charge on any atom is 0.364 e. The monoisotopic (exact) mass is 569 g/mol. The Labute approximate surface area is 243 Å². The summed E-state index contributed by atoms with van der Waals surface area (Å²) >= 11 is 0. The summed E-state index contributed by atoms with van der Waals surface area (Å²) in [5.41, 5.74) is -0.628. The number of aromatic hydroxyl groups is 1. The van der Waals surface area contributed by atoms with Crippen LogP contribution in [0.25, 0.3) is 11.0 Å². The van der Waals surface area contributed by atoms with Crippen LogP contribution in [0.2, 0.25) is 0 Å². The van der Waals surface area contributed by atoms with Crippen molar-refractivity contribution in [1.82, 2.24) is 0 Å². The van der Waals surface area contributed by atoms with E-state index in [9.17, 15) is 14.7 Å². The van der Waals surface area contributed by atoms with E-state index in [0.29, 0.717) is 29.0 Å². The summed E-state index contributed by atoms with van der Waals surface area (Å²) in [6.07, 6.45) is 6.38. The summed E-state index contributed by atoms with van der Waals surface area (Å²) in [6.45, 7) is 5.60. The average Bonchev–Trinajstić information content (AvgIpc) is 2.97. The molecule has 42 heavy (non-hydrogen) atoms. The summed E-state index contributed by atoms with van der Waals surface area (Å²) in [4.78, 5) is 26.1. The van der Waals surface area contributed by atoms with Crippen molar-refractivity contribution in [3.05, 3.63) is 87.8 Å². The minimum absolute atomic E-state index is 0.0584. The lowest BCUT2D eigenvalue weighted by Gasteiger charge is -2.41. The molecule has 0 unspecified atom stereocenters. The third-order valence-corrected chi connectivity index (χ3v) is 7.27. The van der Waals surface area contributed by atoms with E-state index >= 15 is 0 Å². The number of anilines is 1. The predicted molar refractivity (Wildman–Crippen MR) is 157 cm³/mol. The number of rotatable bonds is 7. The number of fused-ring (bicyclic) bond motifs is 1. The van der Waals surface area contributed by atoms with Crippen LogP contribution in [0.4, 0.5) is 5.69 Å². The lowest BCUT2D eigenvalue weighted by atomic mass is 9.94. The van der Waals surface area contributed by atoms with Crippen molar-refractivity contribution < 1.29 is 33.3 Å². The van der Waals surface area contributed by atoms with Crippen molar-refractivity contribution in [2.45, 2.75) is 51.6 Å². The number of ether oxygens (including phenoxy) is 4. The lowest BCUT2D eigenvalue weighted by Crippen LogP contribution is -2.49. The highest BCUT2D eigenvalue weighted by molar-refractivity contribution is 6.06. The molecule has 9 nitrogen and oxygen atoms in total. The van der Waals surface area contributed by atoms with Gasteiger partial charge in [-0.15, -0.1) is 6.42 Å². The molecule has 0 spiro atoms. The zero-order valence-electron chi connectivity index (χ0n) is 23.7.